The molecule has 1 aromatic carbocycles. The lowest BCUT2D eigenvalue weighted by Crippen LogP contribution is -1.86. The van der Waals surface area contributed by atoms with Crippen molar-refractivity contribution < 1.29 is 13.7 Å². The summed E-state index contributed by atoms with van der Waals surface area (Å²) in [6.07, 6.45) is -0.990. The lowest BCUT2D eigenvalue weighted by molar-refractivity contribution is -0.384. The van der Waals surface area contributed by atoms with Crippen LogP contribution in [0.4, 0.5) is 10.1 Å². The molecule has 0 radical (unpaired) electrons. The fourth-order valence-corrected chi connectivity index (χ4v) is 1.00. The molecule has 66 valence electrons. The van der Waals surface area contributed by atoms with Gasteiger partial charge in [0.25, 0.3) is 5.69 Å². The van der Waals surface area contributed by atoms with Crippen LogP contribution in [0.3, 0.4) is 0 Å². The van der Waals surface area contributed by atoms with Crippen molar-refractivity contribution in [3.63, 3.8) is 0 Å². The Morgan fingerprint density at radius 3 is 3.00 bits per heavy atom. The number of oxazole rings is 1. The van der Waals surface area contributed by atoms with E-state index in [2.05, 4.69) is 9.40 Å². The summed E-state index contributed by atoms with van der Waals surface area (Å²) in [4.78, 5) is 13.0. The summed E-state index contributed by atoms with van der Waals surface area (Å²) in [5.41, 5.74) is 0.204. The fraction of sp³-hybridized carbons (Fsp3) is 0. The van der Waals surface area contributed by atoms with Gasteiger partial charge < -0.3 is 4.42 Å². The third kappa shape index (κ3) is 1.22. The van der Waals surface area contributed by atoms with E-state index in [9.17, 15) is 14.5 Å². The Hall–Kier alpha value is -1.98. The van der Waals surface area contributed by atoms with Crippen molar-refractivity contribution in [1.82, 2.24) is 4.98 Å². The van der Waals surface area contributed by atoms with Crippen molar-refractivity contribution in [3.05, 3.63) is 34.5 Å². The minimum Gasteiger partial charge on any atom is -0.415 e. The number of hydrogen-bond donors (Lipinski definition) is 0. The first-order chi connectivity index (χ1) is 6.16. The van der Waals surface area contributed by atoms with Crippen LogP contribution in [0.15, 0.2) is 22.6 Å². The van der Waals surface area contributed by atoms with Gasteiger partial charge in [-0.1, -0.05) is 0 Å². The molecule has 0 atom stereocenters. The molecule has 6 heteroatoms. The lowest BCUT2D eigenvalue weighted by Gasteiger charge is -1.88. The number of halogens is 1. The highest BCUT2D eigenvalue weighted by Crippen LogP contribution is 2.20. The van der Waals surface area contributed by atoms with Gasteiger partial charge in [0.2, 0.25) is 0 Å². The third-order valence-corrected chi connectivity index (χ3v) is 1.56. The summed E-state index contributed by atoms with van der Waals surface area (Å²) in [6.45, 7) is 0. The van der Waals surface area contributed by atoms with E-state index < -0.39 is 11.1 Å². The predicted molar refractivity (Wildman–Crippen MR) is 40.6 cm³/mol. The zero-order valence-corrected chi connectivity index (χ0v) is 6.23. The van der Waals surface area contributed by atoms with Crippen molar-refractivity contribution >= 4 is 16.8 Å². The summed E-state index contributed by atoms with van der Waals surface area (Å²) in [7, 11) is 0. The number of fused-ring (bicyclic) bond motifs is 1. The van der Waals surface area contributed by atoms with Crippen LogP contribution >= 0.6 is 0 Å². The molecule has 0 aliphatic rings. The topological polar surface area (TPSA) is 69.2 Å². The summed E-state index contributed by atoms with van der Waals surface area (Å²) in [6, 6.07) is 3.69. The van der Waals surface area contributed by atoms with E-state index in [0.29, 0.717) is 0 Å². The molecule has 0 aliphatic carbocycles. The Balaban J connectivity index is 2.67. The monoisotopic (exact) mass is 182 g/mol. The number of nitro groups is 1. The van der Waals surface area contributed by atoms with E-state index >= 15 is 0 Å². The van der Waals surface area contributed by atoms with E-state index in [0.717, 1.165) is 6.07 Å². The number of non-ortho nitro benzene ring substituents is 1. The summed E-state index contributed by atoms with van der Waals surface area (Å²) >= 11 is 0. The Morgan fingerprint density at radius 1 is 1.54 bits per heavy atom. The molecule has 0 N–H and O–H groups in total. The number of aromatic nitrogens is 1. The molecule has 2 rings (SSSR count). The first kappa shape index (κ1) is 7.66. The number of nitro benzene ring substituents is 1. The van der Waals surface area contributed by atoms with Gasteiger partial charge in [0, 0.05) is 12.1 Å². The molecular formula is C7H3FN2O3. The lowest BCUT2D eigenvalue weighted by atomic mass is 10.3. The average molecular weight is 182 g/mol. The summed E-state index contributed by atoms with van der Waals surface area (Å²) < 4.78 is 16.9. The molecule has 0 saturated heterocycles. The van der Waals surface area contributed by atoms with Gasteiger partial charge in [0.15, 0.2) is 5.58 Å². The highest BCUT2D eigenvalue weighted by atomic mass is 19.1. The van der Waals surface area contributed by atoms with Gasteiger partial charge in [0.1, 0.15) is 5.52 Å². The van der Waals surface area contributed by atoms with Gasteiger partial charge >= 0.3 is 6.14 Å². The van der Waals surface area contributed by atoms with Crippen molar-refractivity contribution in [2.45, 2.75) is 0 Å². The Bertz CT molecular complexity index is 480. The van der Waals surface area contributed by atoms with Gasteiger partial charge in [-0.2, -0.15) is 4.98 Å². The normalized spacial score (nSPS) is 10.5. The van der Waals surface area contributed by atoms with Crippen molar-refractivity contribution in [3.8, 4) is 0 Å². The van der Waals surface area contributed by atoms with Crippen LogP contribution < -0.4 is 0 Å². The van der Waals surface area contributed by atoms with Gasteiger partial charge in [-0.15, -0.1) is 4.39 Å². The second-order valence-corrected chi connectivity index (χ2v) is 2.38. The SMILES string of the molecule is O=[N+]([O-])c1ccc2oc(F)nc2c1. The quantitative estimate of drug-likeness (QED) is 0.498. The first-order valence-corrected chi connectivity index (χ1v) is 3.37. The van der Waals surface area contributed by atoms with E-state index in [1.165, 1.54) is 12.1 Å². The van der Waals surface area contributed by atoms with Crippen LogP contribution in [-0.4, -0.2) is 9.91 Å². The van der Waals surface area contributed by atoms with E-state index in [-0.39, 0.29) is 16.8 Å². The van der Waals surface area contributed by atoms with E-state index in [1.54, 1.807) is 0 Å². The van der Waals surface area contributed by atoms with Crippen LogP contribution in [0.25, 0.3) is 11.1 Å². The standard InChI is InChI=1S/C7H3FN2O3/c8-7-9-5-3-4(10(11)12)1-2-6(5)13-7/h1-3H. The maximum absolute atomic E-state index is 12.4. The van der Waals surface area contributed by atoms with Crippen LogP contribution in [0.5, 0.6) is 0 Å². The molecule has 0 spiro atoms. The van der Waals surface area contributed by atoms with Gasteiger partial charge in [-0.05, 0) is 6.07 Å². The smallest absolute Gasteiger partial charge is 0.382 e. The molecule has 2 aromatic rings. The van der Waals surface area contributed by atoms with E-state index in [1.807, 2.05) is 0 Å². The molecule has 0 bridgehead atoms. The zero-order chi connectivity index (χ0) is 9.42. The number of benzene rings is 1. The summed E-state index contributed by atoms with van der Waals surface area (Å²) in [5.74, 6) is 0. The Kier molecular flexibility index (Phi) is 1.48. The number of rotatable bonds is 1. The largest absolute Gasteiger partial charge is 0.415 e. The molecule has 0 fully saturated rings. The second-order valence-electron chi connectivity index (χ2n) is 2.38. The molecule has 1 aromatic heterocycles. The van der Waals surface area contributed by atoms with Crippen molar-refractivity contribution in [2.24, 2.45) is 0 Å². The fourth-order valence-electron chi connectivity index (χ4n) is 1.00. The Labute approximate surface area is 70.9 Å². The minimum absolute atomic E-state index is 0.138. The minimum atomic E-state index is -0.990. The molecule has 13 heavy (non-hydrogen) atoms. The van der Waals surface area contributed by atoms with Crippen LogP contribution in [0, 0.1) is 16.3 Å². The second kappa shape index (κ2) is 2.51. The molecular weight excluding hydrogens is 179 g/mol. The molecule has 5 nitrogen and oxygen atoms in total. The molecule has 0 amide bonds. The Morgan fingerprint density at radius 2 is 2.31 bits per heavy atom. The average Bonchev–Trinajstić information content (AvgIpc) is 2.42. The number of nitrogens with zero attached hydrogens (tertiary/aromatic N) is 2. The van der Waals surface area contributed by atoms with Crippen molar-refractivity contribution in [1.29, 1.82) is 0 Å². The molecule has 0 saturated carbocycles. The van der Waals surface area contributed by atoms with Gasteiger partial charge in [0.05, 0.1) is 4.92 Å². The maximum atomic E-state index is 12.4. The molecule has 0 aliphatic heterocycles. The van der Waals surface area contributed by atoms with Gasteiger partial charge in [-0.25, -0.2) is 0 Å². The van der Waals surface area contributed by atoms with Crippen LogP contribution in [0.1, 0.15) is 0 Å². The number of hydrogen-bond acceptors (Lipinski definition) is 4. The molecule has 1 heterocycles. The third-order valence-electron chi connectivity index (χ3n) is 1.56. The van der Waals surface area contributed by atoms with Crippen molar-refractivity contribution in [2.75, 3.05) is 0 Å². The highest BCUT2D eigenvalue weighted by molar-refractivity contribution is 5.74. The first-order valence-electron chi connectivity index (χ1n) is 3.37. The summed E-state index contributed by atoms with van der Waals surface area (Å²) in [5, 5.41) is 10.3. The van der Waals surface area contributed by atoms with Crippen LogP contribution in [-0.2, 0) is 0 Å². The highest BCUT2D eigenvalue weighted by Gasteiger charge is 2.10. The predicted octanol–water partition coefficient (Wildman–Crippen LogP) is 1.88. The van der Waals surface area contributed by atoms with Gasteiger partial charge in [-0.3, -0.25) is 10.1 Å². The zero-order valence-electron chi connectivity index (χ0n) is 6.23. The maximum Gasteiger partial charge on any atom is 0.382 e. The van der Waals surface area contributed by atoms with Crippen LogP contribution in [0.2, 0.25) is 0 Å². The molecule has 0 unspecified atom stereocenters. The van der Waals surface area contributed by atoms with E-state index in [4.69, 9.17) is 0 Å².